The summed E-state index contributed by atoms with van der Waals surface area (Å²) in [6.45, 7) is 2.32. The SMILES string of the molecule is CC(=O)N(C(C)=O)N1C(=O)/C(=C/c2ccc(-c3ccc([N+](=O)[O-])cc3)o2)SC1=S. The lowest BCUT2D eigenvalue weighted by Gasteiger charge is -2.26. The maximum absolute atomic E-state index is 12.6. The predicted octanol–water partition coefficient (Wildman–Crippen LogP) is 3.37. The number of thiocarbonyl (C=S) groups is 1. The second-order valence-corrected chi connectivity index (χ2v) is 7.53. The Hall–Kier alpha value is -3.31. The second-order valence-electron chi connectivity index (χ2n) is 5.85. The first-order valence-corrected chi connectivity index (χ1v) is 9.35. The molecule has 0 spiro atoms. The first-order valence-electron chi connectivity index (χ1n) is 8.13. The van der Waals surface area contributed by atoms with Gasteiger partial charge in [-0.15, -0.1) is 0 Å². The summed E-state index contributed by atoms with van der Waals surface area (Å²) in [5, 5.41) is 12.3. The van der Waals surface area contributed by atoms with Crippen molar-refractivity contribution in [2.45, 2.75) is 13.8 Å². The third kappa shape index (κ3) is 4.10. The summed E-state index contributed by atoms with van der Waals surface area (Å²) in [7, 11) is 0. The summed E-state index contributed by atoms with van der Waals surface area (Å²) in [4.78, 5) is 46.5. The molecule has 0 radical (unpaired) electrons. The summed E-state index contributed by atoms with van der Waals surface area (Å²) >= 11 is 6.07. The van der Waals surface area contributed by atoms with Gasteiger partial charge in [0.1, 0.15) is 11.5 Å². The average molecular weight is 431 g/mol. The molecule has 29 heavy (non-hydrogen) atoms. The lowest BCUT2D eigenvalue weighted by atomic mass is 10.1. The zero-order valence-electron chi connectivity index (χ0n) is 15.1. The fourth-order valence-electron chi connectivity index (χ4n) is 2.60. The highest BCUT2D eigenvalue weighted by Crippen LogP contribution is 2.35. The topological polar surface area (TPSA) is 114 Å². The Morgan fingerprint density at radius 2 is 1.79 bits per heavy atom. The fourth-order valence-corrected chi connectivity index (χ4v) is 3.82. The van der Waals surface area contributed by atoms with Gasteiger partial charge in [0, 0.05) is 37.6 Å². The van der Waals surface area contributed by atoms with Crippen LogP contribution >= 0.6 is 24.0 Å². The normalized spacial score (nSPS) is 15.1. The van der Waals surface area contributed by atoms with Gasteiger partial charge in [0.05, 0.1) is 9.83 Å². The van der Waals surface area contributed by atoms with E-state index in [1.807, 2.05) is 0 Å². The molecule has 2 aromatic rings. The highest BCUT2D eigenvalue weighted by Gasteiger charge is 2.39. The molecule has 0 saturated carbocycles. The number of carbonyl (C=O) groups excluding carboxylic acids is 3. The Balaban J connectivity index is 1.85. The van der Waals surface area contributed by atoms with Crippen LogP contribution < -0.4 is 0 Å². The van der Waals surface area contributed by atoms with Crippen LogP contribution in [0.2, 0.25) is 0 Å². The standard InChI is InChI=1S/C18H13N3O6S2/c1-10(22)19(11(2)23)20-17(24)16(29-18(20)28)9-14-7-8-15(27-14)12-3-5-13(6-4-12)21(25)26/h3-9H,1-2H3/b16-9-. The molecule has 1 aliphatic rings. The van der Waals surface area contributed by atoms with Gasteiger partial charge in [-0.05, 0) is 36.5 Å². The minimum atomic E-state index is -0.631. The van der Waals surface area contributed by atoms with Gasteiger partial charge in [-0.1, -0.05) is 11.8 Å². The number of amides is 3. The molecule has 1 saturated heterocycles. The van der Waals surface area contributed by atoms with E-state index >= 15 is 0 Å². The number of hydrogen-bond acceptors (Lipinski definition) is 8. The van der Waals surface area contributed by atoms with Crippen LogP contribution in [0.15, 0.2) is 45.7 Å². The van der Waals surface area contributed by atoms with E-state index in [0.29, 0.717) is 22.1 Å². The number of rotatable bonds is 4. The minimum Gasteiger partial charge on any atom is -0.457 e. The number of non-ortho nitro benzene ring substituents is 1. The molecule has 1 aromatic heterocycles. The number of furan rings is 1. The maximum Gasteiger partial charge on any atom is 0.285 e. The smallest absolute Gasteiger partial charge is 0.285 e. The summed E-state index contributed by atoms with van der Waals surface area (Å²) in [5.74, 6) is -1.08. The van der Waals surface area contributed by atoms with E-state index in [1.165, 1.54) is 18.2 Å². The molecule has 0 atom stereocenters. The third-order valence-corrected chi connectivity index (χ3v) is 5.12. The van der Waals surface area contributed by atoms with Gasteiger partial charge in [0.2, 0.25) is 11.8 Å². The van der Waals surface area contributed by atoms with Gasteiger partial charge in [-0.3, -0.25) is 24.5 Å². The number of imide groups is 1. The van der Waals surface area contributed by atoms with Crippen molar-refractivity contribution in [1.82, 2.24) is 10.0 Å². The van der Waals surface area contributed by atoms with Crippen molar-refractivity contribution in [3.8, 4) is 11.3 Å². The van der Waals surface area contributed by atoms with Crippen LogP contribution in [0.1, 0.15) is 19.6 Å². The molecule has 0 bridgehead atoms. The van der Waals surface area contributed by atoms with E-state index in [2.05, 4.69) is 0 Å². The van der Waals surface area contributed by atoms with Crippen LogP contribution in [-0.2, 0) is 14.4 Å². The van der Waals surface area contributed by atoms with E-state index in [0.717, 1.165) is 30.6 Å². The molecule has 3 rings (SSSR count). The van der Waals surface area contributed by atoms with Crippen molar-refractivity contribution in [1.29, 1.82) is 0 Å². The summed E-state index contributed by atoms with van der Waals surface area (Å²) in [5.41, 5.74) is 0.590. The van der Waals surface area contributed by atoms with Crippen molar-refractivity contribution in [2.24, 2.45) is 0 Å². The van der Waals surface area contributed by atoms with Crippen LogP contribution in [-0.4, -0.2) is 37.0 Å². The Labute approximate surface area is 174 Å². The first kappa shape index (κ1) is 20.4. The summed E-state index contributed by atoms with van der Waals surface area (Å²) < 4.78 is 5.73. The Morgan fingerprint density at radius 1 is 1.17 bits per heavy atom. The zero-order valence-corrected chi connectivity index (χ0v) is 16.8. The maximum atomic E-state index is 12.6. The highest BCUT2D eigenvalue weighted by atomic mass is 32.2. The molecular weight excluding hydrogens is 418 g/mol. The van der Waals surface area contributed by atoms with Crippen molar-refractivity contribution in [2.75, 3.05) is 0 Å². The molecule has 148 valence electrons. The molecular formula is C18H13N3O6S2. The Morgan fingerprint density at radius 3 is 2.34 bits per heavy atom. The molecule has 1 aliphatic heterocycles. The van der Waals surface area contributed by atoms with E-state index in [9.17, 15) is 24.5 Å². The van der Waals surface area contributed by atoms with Crippen molar-refractivity contribution >= 4 is 57.8 Å². The fraction of sp³-hybridized carbons (Fsp3) is 0.111. The molecule has 3 amide bonds. The zero-order chi connectivity index (χ0) is 21.3. The van der Waals surface area contributed by atoms with Gasteiger partial charge in [-0.25, -0.2) is 0 Å². The number of nitrogens with zero attached hydrogens (tertiary/aromatic N) is 3. The van der Waals surface area contributed by atoms with Crippen molar-refractivity contribution < 1.29 is 23.7 Å². The molecule has 2 heterocycles. The Kier molecular flexibility index (Phi) is 5.62. The van der Waals surface area contributed by atoms with Crippen molar-refractivity contribution in [3.05, 3.63) is 57.2 Å². The number of hydrogen-bond donors (Lipinski definition) is 0. The van der Waals surface area contributed by atoms with Crippen LogP contribution in [0, 0.1) is 10.1 Å². The lowest BCUT2D eigenvalue weighted by Crippen LogP contribution is -2.50. The van der Waals surface area contributed by atoms with E-state index < -0.39 is 22.6 Å². The second kappa shape index (κ2) is 7.97. The molecule has 11 heteroatoms. The quantitative estimate of drug-likeness (QED) is 0.313. The number of benzene rings is 1. The number of nitro benzene ring substituents is 1. The number of hydrazine groups is 1. The number of carbonyl (C=O) groups is 3. The third-order valence-electron chi connectivity index (χ3n) is 3.83. The van der Waals surface area contributed by atoms with Gasteiger partial charge < -0.3 is 4.42 Å². The van der Waals surface area contributed by atoms with Crippen LogP contribution in [0.3, 0.4) is 0 Å². The van der Waals surface area contributed by atoms with E-state index in [1.54, 1.807) is 24.3 Å². The van der Waals surface area contributed by atoms with Gasteiger partial charge in [0.15, 0.2) is 4.32 Å². The molecule has 9 nitrogen and oxygen atoms in total. The highest BCUT2D eigenvalue weighted by molar-refractivity contribution is 8.26. The molecule has 0 N–H and O–H groups in total. The van der Waals surface area contributed by atoms with E-state index in [-0.39, 0.29) is 14.9 Å². The van der Waals surface area contributed by atoms with E-state index in [4.69, 9.17) is 16.6 Å². The van der Waals surface area contributed by atoms with Gasteiger partial charge in [-0.2, -0.15) is 10.0 Å². The molecule has 1 fully saturated rings. The van der Waals surface area contributed by atoms with Crippen LogP contribution in [0.5, 0.6) is 0 Å². The molecule has 0 aliphatic carbocycles. The van der Waals surface area contributed by atoms with Crippen LogP contribution in [0.4, 0.5) is 5.69 Å². The van der Waals surface area contributed by atoms with Crippen molar-refractivity contribution in [3.63, 3.8) is 0 Å². The number of thioether (sulfide) groups is 1. The lowest BCUT2D eigenvalue weighted by molar-refractivity contribution is -0.384. The van der Waals surface area contributed by atoms with Crippen LogP contribution in [0.25, 0.3) is 17.4 Å². The minimum absolute atomic E-state index is 0.0373. The van der Waals surface area contributed by atoms with Gasteiger partial charge >= 0.3 is 0 Å². The monoisotopic (exact) mass is 431 g/mol. The molecule has 0 unspecified atom stereocenters. The number of nitro groups is 1. The summed E-state index contributed by atoms with van der Waals surface area (Å²) in [6.07, 6.45) is 1.45. The average Bonchev–Trinajstić information content (AvgIpc) is 3.22. The first-order chi connectivity index (χ1) is 13.7. The Bertz CT molecular complexity index is 1060. The molecule has 1 aromatic carbocycles. The predicted molar refractivity (Wildman–Crippen MR) is 109 cm³/mol. The largest absolute Gasteiger partial charge is 0.457 e. The summed E-state index contributed by atoms with van der Waals surface area (Å²) in [6, 6.07) is 9.11. The van der Waals surface area contributed by atoms with Gasteiger partial charge in [0.25, 0.3) is 11.6 Å².